The average Bonchev–Trinajstić information content (AvgIpc) is 3.17. The highest BCUT2D eigenvalue weighted by Crippen LogP contribution is 2.34. The zero-order chi connectivity index (χ0) is 18.9. The minimum atomic E-state index is -0.0127. The Bertz CT molecular complexity index is 820. The quantitative estimate of drug-likeness (QED) is 0.820. The van der Waals surface area contributed by atoms with Gasteiger partial charge in [-0.1, -0.05) is 6.07 Å². The molecule has 7 nitrogen and oxygen atoms in total. The fourth-order valence-corrected chi connectivity index (χ4v) is 4.15. The molecule has 2 fully saturated rings. The van der Waals surface area contributed by atoms with Crippen molar-refractivity contribution in [2.24, 2.45) is 12.5 Å². The van der Waals surface area contributed by atoms with E-state index in [0.717, 1.165) is 44.1 Å². The van der Waals surface area contributed by atoms with Crippen molar-refractivity contribution in [3.63, 3.8) is 0 Å². The molecule has 2 aliphatic rings. The lowest BCUT2D eigenvalue weighted by molar-refractivity contribution is 0.0639. The van der Waals surface area contributed by atoms with Crippen molar-refractivity contribution in [2.45, 2.75) is 19.9 Å². The van der Waals surface area contributed by atoms with E-state index in [1.54, 1.807) is 6.07 Å². The molecular weight excluding hydrogens is 342 g/mol. The molecule has 0 aliphatic carbocycles. The summed E-state index contributed by atoms with van der Waals surface area (Å²) >= 11 is 0. The van der Waals surface area contributed by atoms with Crippen LogP contribution in [0, 0.1) is 12.3 Å². The van der Waals surface area contributed by atoms with Gasteiger partial charge in [-0.2, -0.15) is 0 Å². The van der Waals surface area contributed by atoms with Crippen molar-refractivity contribution >= 4 is 5.91 Å². The number of carbonyl (C=O) groups excluding carboxylic acids is 1. The Morgan fingerprint density at radius 1 is 1.30 bits per heavy atom. The van der Waals surface area contributed by atoms with Gasteiger partial charge in [0.1, 0.15) is 11.5 Å². The molecule has 27 heavy (non-hydrogen) atoms. The zero-order valence-corrected chi connectivity index (χ0v) is 16.1. The summed E-state index contributed by atoms with van der Waals surface area (Å²) in [4.78, 5) is 26.2. The Kier molecular flexibility index (Phi) is 4.97. The molecule has 1 atom stereocenters. The van der Waals surface area contributed by atoms with Gasteiger partial charge in [-0.05, 0) is 32.0 Å². The van der Waals surface area contributed by atoms with Crippen molar-refractivity contribution in [3.8, 4) is 0 Å². The predicted octanol–water partition coefficient (Wildman–Crippen LogP) is 1.49. The van der Waals surface area contributed by atoms with Crippen LogP contribution < -0.4 is 0 Å². The normalized spacial score (nSPS) is 23.7. The summed E-state index contributed by atoms with van der Waals surface area (Å²) in [5.74, 6) is 1.07. The van der Waals surface area contributed by atoms with Gasteiger partial charge in [0.05, 0.1) is 19.8 Å². The number of hydrogen-bond acceptors (Lipinski definition) is 5. The molecule has 2 aliphatic heterocycles. The highest BCUT2D eigenvalue weighted by molar-refractivity contribution is 5.92. The van der Waals surface area contributed by atoms with Gasteiger partial charge in [-0.25, -0.2) is 9.97 Å². The number of rotatable bonds is 3. The maximum Gasteiger partial charge on any atom is 0.272 e. The third-order valence-electron chi connectivity index (χ3n) is 5.64. The standard InChI is InChI=1S/C20H27N5O2/c1-16-4-3-5-17(22-16)19(26)25-10-11-27-15-20(14-25)6-8-24(13-20)12-18-21-7-9-23(18)2/h3-5,7,9H,6,8,10-15H2,1-2H3/t20-/m1/s1. The number of aryl methyl sites for hydroxylation is 2. The number of carbonyl (C=O) groups is 1. The van der Waals surface area contributed by atoms with Crippen LogP contribution in [0.4, 0.5) is 0 Å². The lowest BCUT2D eigenvalue weighted by atomic mass is 9.87. The third-order valence-corrected chi connectivity index (χ3v) is 5.64. The molecule has 4 heterocycles. The van der Waals surface area contributed by atoms with Crippen molar-refractivity contribution in [1.82, 2.24) is 24.3 Å². The summed E-state index contributed by atoms with van der Waals surface area (Å²) in [5.41, 5.74) is 1.37. The second kappa shape index (κ2) is 7.40. The summed E-state index contributed by atoms with van der Waals surface area (Å²) in [7, 11) is 2.03. The van der Waals surface area contributed by atoms with Crippen LogP contribution in [0.3, 0.4) is 0 Å². The Hall–Kier alpha value is -2.25. The van der Waals surface area contributed by atoms with Gasteiger partial charge < -0.3 is 14.2 Å². The van der Waals surface area contributed by atoms with E-state index >= 15 is 0 Å². The van der Waals surface area contributed by atoms with E-state index in [1.807, 2.05) is 43.4 Å². The lowest BCUT2D eigenvalue weighted by Gasteiger charge is -2.32. The Balaban J connectivity index is 1.47. The molecule has 0 saturated carbocycles. The van der Waals surface area contributed by atoms with Gasteiger partial charge >= 0.3 is 0 Å². The van der Waals surface area contributed by atoms with Crippen molar-refractivity contribution in [3.05, 3.63) is 47.8 Å². The van der Waals surface area contributed by atoms with Gasteiger partial charge in [-0.3, -0.25) is 9.69 Å². The number of likely N-dealkylation sites (tertiary alicyclic amines) is 1. The van der Waals surface area contributed by atoms with E-state index in [0.29, 0.717) is 25.5 Å². The molecule has 0 unspecified atom stereocenters. The minimum Gasteiger partial charge on any atom is -0.379 e. The fraction of sp³-hybridized carbons (Fsp3) is 0.550. The number of ether oxygens (including phenoxy) is 1. The Morgan fingerprint density at radius 3 is 2.96 bits per heavy atom. The van der Waals surface area contributed by atoms with E-state index in [1.165, 1.54) is 0 Å². The van der Waals surface area contributed by atoms with Gasteiger partial charge in [0, 0.05) is 50.2 Å². The van der Waals surface area contributed by atoms with Gasteiger partial charge in [0.2, 0.25) is 0 Å². The summed E-state index contributed by atoms with van der Waals surface area (Å²) in [6, 6.07) is 5.61. The predicted molar refractivity (Wildman–Crippen MR) is 101 cm³/mol. The summed E-state index contributed by atoms with van der Waals surface area (Å²) < 4.78 is 7.98. The number of amides is 1. The Morgan fingerprint density at radius 2 is 2.19 bits per heavy atom. The maximum atomic E-state index is 13.0. The third kappa shape index (κ3) is 3.89. The SMILES string of the molecule is Cc1cccc(C(=O)N2CCOC[C@@]3(CCN(Cc4nccn4C)C3)C2)n1. The van der Waals surface area contributed by atoms with Crippen LogP contribution in [0.15, 0.2) is 30.6 Å². The van der Waals surface area contributed by atoms with Crippen LogP contribution in [0.2, 0.25) is 0 Å². The van der Waals surface area contributed by atoms with Crippen LogP contribution in [0.5, 0.6) is 0 Å². The van der Waals surface area contributed by atoms with Crippen molar-refractivity contribution in [1.29, 1.82) is 0 Å². The van der Waals surface area contributed by atoms with Crippen LogP contribution in [0.1, 0.15) is 28.4 Å². The van der Waals surface area contributed by atoms with E-state index in [-0.39, 0.29) is 11.3 Å². The monoisotopic (exact) mass is 369 g/mol. The van der Waals surface area contributed by atoms with E-state index in [9.17, 15) is 4.79 Å². The number of hydrogen-bond donors (Lipinski definition) is 0. The smallest absolute Gasteiger partial charge is 0.272 e. The van der Waals surface area contributed by atoms with Crippen LogP contribution in [-0.2, 0) is 18.3 Å². The molecule has 2 saturated heterocycles. The van der Waals surface area contributed by atoms with Crippen molar-refractivity contribution in [2.75, 3.05) is 39.4 Å². The van der Waals surface area contributed by atoms with E-state index in [4.69, 9.17) is 4.74 Å². The number of aromatic nitrogens is 3. The topological polar surface area (TPSA) is 63.5 Å². The first kappa shape index (κ1) is 18.1. The second-order valence-corrected chi connectivity index (χ2v) is 7.86. The molecule has 0 N–H and O–H groups in total. The molecular formula is C20H27N5O2. The van der Waals surface area contributed by atoms with Gasteiger partial charge in [0.15, 0.2) is 0 Å². The zero-order valence-electron chi connectivity index (χ0n) is 16.1. The first-order chi connectivity index (χ1) is 13.0. The molecule has 0 aromatic carbocycles. The fourth-order valence-electron chi connectivity index (χ4n) is 4.15. The van der Waals surface area contributed by atoms with Crippen LogP contribution >= 0.6 is 0 Å². The minimum absolute atomic E-state index is 0.00567. The molecule has 0 bridgehead atoms. The van der Waals surface area contributed by atoms with Crippen LogP contribution in [0.25, 0.3) is 0 Å². The average molecular weight is 369 g/mol. The lowest BCUT2D eigenvalue weighted by Crippen LogP contribution is -2.43. The van der Waals surface area contributed by atoms with Crippen molar-refractivity contribution < 1.29 is 9.53 Å². The summed E-state index contributed by atoms with van der Waals surface area (Å²) in [6.45, 7) is 7.29. The summed E-state index contributed by atoms with van der Waals surface area (Å²) in [6.07, 6.45) is 4.85. The second-order valence-electron chi connectivity index (χ2n) is 7.86. The summed E-state index contributed by atoms with van der Waals surface area (Å²) in [5, 5.41) is 0. The molecule has 0 radical (unpaired) electrons. The molecule has 7 heteroatoms. The maximum absolute atomic E-state index is 13.0. The van der Waals surface area contributed by atoms with E-state index in [2.05, 4.69) is 19.4 Å². The molecule has 4 rings (SSSR count). The molecule has 1 spiro atoms. The highest BCUT2D eigenvalue weighted by Gasteiger charge is 2.42. The number of nitrogens with zero attached hydrogens (tertiary/aromatic N) is 5. The molecule has 2 aromatic heterocycles. The van der Waals surface area contributed by atoms with Crippen LogP contribution in [-0.4, -0.2) is 69.6 Å². The van der Waals surface area contributed by atoms with Gasteiger partial charge in [0.25, 0.3) is 5.91 Å². The highest BCUT2D eigenvalue weighted by atomic mass is 16.5. The largest absolute Gasteiger partial charge is 0.379 e. The Labute approximate surface area is 160 Å². The number of imidazole rings is 1. The molecule has 1 amide bonds. The van der Waals surface area contributed by atoms with E-state index < -0.39 is 0 Å². The van der Waals surface area contributed by atoms with Gasteiger partial charge in [-0.15, -0.1) is 0 Å². The first-order valence-corrected chi connectivity index (χ1v) is 9.54. The molecule has 144 valence electrons. The first-order valence-electron chi connectivity index (χ1n) is 9.54. The number of pyridine rings is 1. The molecule has 2 aromatic rings.